The minimum atomic E-state index is -4.50. The van der Waals surface area contributed by atoms with Crippen LogP contribution in [0.1, 0.15) is 34.8 Å². The monoisotopic (exact) mass is 442 g/mol. The number of imidazole rings is 1. The molecule has 164 valence electrons. The van der Waals surface area contributed by atoms with Crippen molar-refractivity contribution in [3.05, 3.63) is 66.4 Å². The highest BCUT2D eigenvalue weighted by Gasteiger charge is 2.32. The van der Waals surface area contributed by atoms with Gasteiger partial charge in [-0.15, -0.1) is 0 Å². The average molecular weight is 442 g/mol. The first-order valence-electron chi connectivity index (χ1n) is 9.41. The number of nitrogens with one attached hydrogen (secondary N) is 2. The van der Waals surface area contributed by atoms with Crippen molar-refractivity contribution in [1.29, 1.82) is 0 Å². The lowest BCUT2D eigenvalue weighted by molar-refractivity contribution is -0.141. The van der Waals surface area contributed by atoms with Crippen molar-refractivity contribution in [3.8, 4) is 0 Å². The summed E-state index contributed by atoms with van der Waals surface area (Å²) in [6.45, 7) is 1.75. The Bertz CT molecular complexity index is 1250. The molecule has 0 bridgehead atoms. The van der Waals surface area contributed by atoms with Crippen molar-refractivity contribution in [2.75, 3.05) is 5.32 Å². The summed E-state index contributed by atoms with van der Waals surface area (Å²) in [4.78, 5) is 32.7. The molecule has 1 amide bonds. The number of amides is 1. The van der Waals surface area contributed by atoms with Crippen LogP contribution in [0.4, 0.5) is 24.7 Å². The molecule has 12 heteroatoms. The van der Waals surface area contributed by atoms with Crippen molar-refractivity contribution in [2.45, 2.75) is 19.1 Å². The lowest BCUT2D eigenvalue weighted by atomic mass is 10.2. The summed E-state index contributed by atoms with van der Waals surface area (Å²) in [5.74, 6) is -0.0578. The minimum absolute atomic E-state index is 0.244. The molecule has 0 saturated carbocycles. The van der Waals surface area contributed by atoms with Gasteiger partial charge in [0.15, 0.2) is 0 Å². The van der Waals surface area contributed by atoms with E-state index in [0.29, 0.717) is 22.7 Å². The van der Waals surface area contributed by atoms with E-state index in [1.54, 1.807) is 23.9 Å². The second kappa shape index (κ2) is 8.21. The van der Waals surface area contributed by atoms with Gasteiger partial charge in [0.05, 0.1) is 54.1 Å². The van der Waals surface area contributed by atoms with E-state index < -0.39 is 17.9 Å². The number of hydrogen-bond acceptors (Lipinski definition) is 7. The first-order valence-corrected chi connectivity index (χ1v) is 9.41. The summed E-state index contributed by atoms with van der Waals surface area (Å²) in [7, 11) is 1.82. The molecule has 4 aromatic rings. The molecule has 1 atom stereocenters. The van der Waals surface area contributed by atoms with Crippen LogP contribution >= 0.6 is 0 Å². The molecule has 1 unspecified atom stereocenters. The van der Waals surface area contributed by atoms with Crippen LogP contribution in [0.5, 0.6) is 0 Å². The molecule has 9 nitrogen and oxygen atoms in total. The fourth-order valence-corrected chi connectivity index (χ4v) is 2.91. The van der Waals surface area contributed by atoms with Crippen LogP contribution in [-0.2, 0) is 13.2 Å². The van der Waals surface area contributed by atoms with Gasteiger partial charge in [-0.05, 0) is 25.1 Å². The summed E-state index contributed by atoms with van der Waals surface area (Å²) < 4.78 is 39.6. The van der Waals surface area contributed by atoms with E-state index in [1.165, 1.54) is 24.7 Å². The standard InChI is InChI=1S/C20H17F3N8O/c1-11(29-19(32)13-5-16-15(8-24-13)28-10-31(16)2)14-7-27-18(9-25-14)30-12-3-4-17(26-6-12)20(21,22)23/h3-11H,1-2H3,(H,27,30)(H,29,32). The van der Waals surface area contributed by atoms with E-state index in [4.69, 9.17) is 0 Å². The zero-order chi connectivity index (χ0) is 22.9. The van der Waals surface area contributed by atoms with Crippen LogP contribution in [-0.4, -0.2) is 35.4 Å². The number of nitrogens with zero attached hydrogens (tertiary/aromatic N) is 6. The Hall–Kier alpha value is -4.09. The van der Waals surface area contributed by atoms with Gasteiger partial charge in [0, 0.05) is 7.05 Å². The number of pyridine rings is 2. The van der Waals surface area contributed by atoms with Crippen LogP contribution in [0, 0.1) is 0 Å². The molecule has 0 radical (unpaired) electrons. The van der Waals surface area contributed by atoms with Crippen LogP contribution in [0.2, 0.25) is 0 Å². The average Bonchev–Trinajstić information content (AvgIpc) is 3.14. The Kier molecular flexibility index (Phi) is 5.43. The van der Waals surface area contributed by atoms with Crippen LogP contribution in [0.3, 0.4) is 0 Å². The van der Waals surface area contributed by atoms with E-state index in [1.807, 2.05) is 7.05 Å². The number of aromatic nitrogens is 6. The van der Waals surface area contributed by atoms with Gasteiger partial charge < -0.3 is 15.2 Å². The third kappa shape index (κ3) is 4.48. The number of carbonyl (C=O) groups excluding carboxylic acids is 1. The predicted molar refractivity (Wildman–Crippen MR) is 109 cm³/mol. The first-order chi connectivity index (χ1) is 15.2. The maximum absolute atomic E-state index is 12.6. The van der Waals surface area contributed by atoms with Gasteiger partial charge in [0.25, 0.3) is 5.91 Å². The number of aryl methyl sites for hydroxylation is 1. The molecule has 0 fully saturated rings. The van der Waals surface area contributed by atoms with Crippen molar-refractivity contribution in [3.63, 3.8) is 0 Å². The van der Waals surface area contributed by atoms with Gasteiger partial charge in [0.1, 0.15) is 22.7 Å². The molecular weight excluding hydrogens is 425 g/mol. The fourth-order valence-electron chi connectivity index (χ4n) is 2.91. The molecule has 4 aromatic heterocycles. The molecule has 4 rings (SSSR count). The summed E-state index contributed by atoms with van der Waals surface area (Å²) >= 11 is 0. The maximum atomic E-state index is 12.6. The second-order valence-electron chi connectivity index (χ2n) is 6.99. The van der Waals surface area contributed by atoms with E-state index in [0.717, 1.165) is 17.8 Å². The Morgan fingerprint density at radius 1 is 1.03 bits per heavy atom. The van der Waals surface area contributed by atoms with Gasteiger partial charge in [-0.1, -0.05) is 0 Å². The summed E-state index contributed by atoms with van der Waals surface area (Å²) in [5, 5.41) is 5.63. The third-order valence-corrected chi connectivity index (χ3v) is 4.63. The number of anilines is 2. The highest BCUT2D eigenvalue weighted by molar-refractivity contribution is 5.95. The van der Waals surface area contributed by atoms with Gasteiger partial charge in [-0.25, -0.2) is 19.9 Å². The molecule has 0 aliphatic rings. The maximum Gasteiger partial charge on any atom is 0.433 e. The van der Waals surface area contributed by atoms with Gasteiger partial charge in [-0.2, -0.15) is 13.2 Å². The summed E-state index contributed by atoms with van der Waals surface area (Å²) in [6.07, 6.45) is 2.61. The zero-order valence-electron chi connectivity index (χ0n) is 16.9. The van der Waals surface area contributed by atoms with Gasteiger partial charge in [0.2, 0.25) is 0 Å². The van der Waals surface area contributed by atoms with Crippen molar-refractivity contribution in [2.24, 2.45) is 7.05 Å². The van der Waals surface area contributed by atoms with Gasteiger partial charge >= 0.3 is 6.18 Å². The SMILES string of the molecule is CC(NC(=O)c1cc2c(cn1)ncn2C)c1cnc(Nc2ccc(C(F)(F)F)nc2)cn1. The largest absolute Gasteiger partial charge is 0.433 e. The van der Waals surface area contributed by atoms with Crippen molar-refractivity contribution >= 4 is 28.4 Å². The third-order valence-electron chi connectivity index (χ3n) is 4.63. The first kappa shape index (κ1) is 21.2. The van der Waals surface area contributed by atoms with E-state index in [-0.39, 0.29) is 11.6 Å². The molecule has 4 heterocycles. The Morgan fingerprint density at radius 3 is 2.50 bits per heavy atom. The van der Waals surface area contributed by atoms with E-state index in [9.17, 15) is 18.0 Å². The number of halogens is 3. The van der Waals surface area contributed by atoms with Crippen molar-refractivity contribution in [1.82, 2.24) is 34.8 Å². The molecule has 2 N–H and O–H groups in total. The van der Waals surface area contributed by atoms with Crippen LogP contribution < -0.4 is 10.6 Å². The molecule has 0 saturated heterocycles. The molecular formula is C20H17F3N8O. The minimum Gasteiger partial charge on any atom is -0.343 e. The lowest BCUT2D eigenvalue weighted by Gasteiger charge is -2.13. The highest BCUT2D eigenvalue weighted by atomic mass is 19.4. The molecule has 0 aromatic carbocycles. The molecule has 0 aliphatic heterocycles. The highest BCUT2D eigenvalue weighted by Crippen LogP contribution is 2.28. The Labute approximate surface area is 179 Å². The lowest BCUT2D eigenvalue weighted by Crippen LogP contribution is -2.28. The van der Waals surface area contributed by atoms with E-state index >= 15 is 0 Å². The summed E-state index contributed by atoms with van der Waals surface area (Å²) in [5.41, 5.74) is 1.56. The fraction of sp³-hybridized carbons (Fsp3) is 0.200. The van der Waals surface area contributed by atoms with Gasteiger partial charge in [-0.3, -0.25) is 9.78 Å². The number of fused-ring (bicyclic) bond motifs is 1. The number of hydrogen-bond donors (Lipinski definition) is 2. The molecule has 0 aliphatic carbocycles. The van der Waals surface area contributed by atoms with Crippen LogP contribution in [0.15, 0.2) is 49.3 Å². The molecule has 0 spiro atoms. The Morgan fingerprint density at radius 2 is 1.84 bits per heavy atom. The second-order valence-corrected chi connectivity index (χ2v) is 6.99. The zero-order valence-corrected chi connectivity index (χ0v) is 16.9. The smallest absolute Gasteiger partial charge is 0.343 e. The topological polar surface area (TPSA) is 111 Å². The van der Waals surface area contributed by atoms with E-state index in [2.05, 4.69) is 35.6 Å². The normalized spacial score (nSPS) is 12.5. The number of alkyl halides is 3. The number of rotatable bonds is 5. The van der Waals surface area contributed by atoms with Crippen molar-refractivity contribution < 1.29 is 18.0 Å². The number of carbonyl (C=O) groups is 1. The summed E-state index contributed by atoms with van der Waals surface area (Å²) in [6, 6.07) is 3.32. The predicted octanol–water partition coefficient (Wildman–Crippen LogP) is 3.41. The quantitative estimate of drug-likeness (QED) is 0.487. The molecule has 32 heavy (non-hydrogen) atoms. The Balaban J connectivity index is 1.40. The van der Waals surface area contributed by atoms with Crippen LogP contribution in [0.25, 0.3) is 11.0 Å².